The first-order chi connectivity index (χ1) is 25.6. The van der Waals surface area contributed by atoms with Crippen LogP contribution in [-0.4, -0.2) is 11.0 Å². The van der Waals surface area contributed by atoms with E-state index in [9.17, 15) is 0 Å². The van der Waals surface area contributed by atoms with Crippen LogP contribution in [0.2, 0.25) is 0 Å². The van der Waals surface area contributed by atoms with Gasteiger partial charge in [0.2, 0.25) is 0 Å². The first kappa shape index (κ1) is 30.4. The molecule has 1 heterocycles. The van der Waals surface area contributed by atoms with E-state index >= 15 is 0 Å². The van der Waals surface area contributed by atoms with Crippen molar-refractivity contribution in [3.63, 3.8) is 0 Å². The zero-order valence-corrected chi connectivity index (χ0v) is 29.3. The number of aryl methyl sites for hydroxylation is 1. The summed E-state index contributed by atoms with van der Waals surface area (Å²) in [5.74, 6) is 0.907. The second-order valence-corrected chi connectivity index (χ2v) is 14.1. The minimum absolute atomic E-state index is 0.0196. The first-order valence-corrected chi connectivity index (χ1v) is 18.1. The van der Waals surface area contributed by atoms with Crippen molar-refractivity contribution in [3.05, 3.63) is 192 Å². The van der Waals surface area contributed by atoms with Gasteiger partial charge in [0, 0.05) is 34.0 Å². The predicted molar refractivity (Wildman–Crippen MR) is 220 cm³/mol. The summed E-state index contributed by atoms with van der Waals surface area (Å²) in [6, 6.07) is 54.9. The second-order valence-electron chi connectivity index (χ2n) is 14.1. The first-order valence-electron chi connectivity index (χ1n) is 18.1. The van der Waals surface area contributed by atoms with E-state index in [1.165, 1.54) is 71.7 Å². The highest BCUT2D eigenvalue weighted by molar-refractivity contribution is 6.12. The number of rotatable bonds is 6. The second kappa shape index (κ2) is 12.1. The summed E-state index contributed by atoms with van der Waals surface area (Å²) in [5, 5.41) is 7.40. The van der Waals surface area contributed by atoms with Crippen LogP contribution in [0.1, 0.15) is 29.2 Å². The van der Waals surface area contributed by atoms with Crippen LogP contribution in [0, 0.1) is 6.92 Å². The maximum absolute atomic E-state index is 5.07. The van der Waals surface area contributed by atoms with Crippen LogP contribution in [-0.2, 0) is 6.42 Å². The van der Waals surface area contributed by atoms with Gasteiger partial charge in [0.05, 0.1) is 11.7 Å². The van der Waals surface area contributed by atoms with E-state index < -0.39 is 0 Å². The minimum Gasteiger partial charge on any atom is -0.330 e. The lowest BCUT2D eigenvalue weighted by atomic mass is 9.75. The average Bonchev–Trinajstić information content (AvgIpc) is 3.19. The lowest BCUT2D eigenvalue weighted by Gasteiger charge is -2.40. The summed E-state index contributed by atoms with van der Waals surface area (Å²) in [6.45, 7) is 4.56. The number of fused-ring (bicyclic) bond motifs is 2. The largest absolute Gasteiger partial charge is 0.330 e. The summed E-state index contributed by atoms with van der Waals surface area (Å²) in [7, 11) is 0. The quantitative estimate of drug-likeness (QED) is 0.176. The smallest absolute Gasteiger partial charge is 0.138 e. The fourth-order valence-corrected chi connectivity index (χ4v) is 8.54. The van der Waals surface area contributed by atoms with Gasteiger partial charge in [-0.05, 0) is 124 Å². The Hall–Kier alpha value is -6.45. The van der Waals surface area contributed by atoms with Crippen LogP contribution in [0.25, 0.3) is 43.5 Å². The number of pyridine rings is 1. The van der Waals surface area contributed by atoms with Gasteiger partial charge in [0.25, 0.3) is 0 Å². The molecule has 0 N–H and O–H groups in total. The molecule has 3 nitrogen and oxygen atoms in total. The molecule has 0 aliphatic heterocycles. The fraction of sp³-hybridized carbons (Fsp3) is 0.0816. The molecule has 7 aromatic carbocycles. The van der Waals surface area contributed by atoms with Crippen molar-refractivity contribution in [1.29, 1.82) is 0 Å². The number of nitrogens with zero attached hydrogens (tertiary/aromatic N) is 3. The SMILES string of the molecule is CC1=CC(N(c2ccccc2)c2ccc3ccccc3c2)C2=CCc3c(C)cc(N(c4ccccc4)c4cc5ccccc5cn4)c4ccc1c2c34. The molecule has 8 aromatic rings. The molecular formula is C49H37N3. The molecule has 1 unspecified atom stereocenters. The van der Waals surface area contributed by atoms with Gasteiger partial charge < -0.3 is 4.90 Å². The van der Waals surface area contributed by atoms with Gasteiger partial charge in [0.15, 0.2) is 0 Å². The predicted octanol–water partition coefficient (Wildman–Crippen LogP) is 12.9. The Balaban J connectivity index is 1.20. The van der Waals surface area contributed by atoms with Gasteiger partial charge in [-0.15, -0.1) is 0 Å². The van der Waals surface area contributed by atoms with E-state index in [1.54, 1.807) is 0 Å². The summed E-state index contributed by atoms with van der Waals surface area (Å²) in [6.07, 6.45) is 7.86. The van der Waals surface area contributed by atoms with E-state index in [0.29, 0.717) is 0 Å². The lowest BCUT2D eigenvalue weighted by Crippen LogP contribution is -2.33. The highest BCUT2D eigenvalue weighted by atomic mass is 15.2. The van der Waals surface area contributed by atoms with Crippen molar-refractivity contribution in [2.75, 3.05) is 9.80 Å². The Labute approximate surface area is 304 Å². The van der Waals surface area contributed by atoms with Crippen LogP contribution in [0.3, 0.4) is 0 Å². The molecule has 0 fully saturated rings. The maximum atomic E-state index is 5.07. The highest BCUT2D eigenvalue weighted by Gasteiger charge is 2.34. The van der Waals surface area contributed by atoms with Crippen molar-refractivity contribution >= 4 is 72.0 Å². The number of para-hydroxylation sites is 2. The molecule has 3 heteroatoms. The number of anilines is 5. The Morgan fingerprint density at radius 3 is 2.04 bits per heavy atom. The normalized spacial score (nSPS) is 14.7. The van der Waals surface area contributed by atoms with Crippen molar-refractivity contribution in [2.45, 2.75) is 26.3 Å². The Bertz CT molecular complexity index is 2740. The molecule has 0 bridgehead atoms. The third-order valence-corrected chi connectivity index (χ3v) is 11.0. The van der Waals surface area contributed by atoms with Gasteiger partial charge in [-0.1, -0.05) is 115 Å². The average molecular weight is 668 g/mol. The van der Waals surface area contributed by atoms with E-state index in [1.807, 2.05) is 6.20 Å². The number of hydrogen-bond acceptors (Lipinski definition) is 3. The van der Waals surface area contributed by atoms with Gasteiger partial charge in [-0.25, -0.2) is 4.98 Å². The van der Waals surface area contributed by atoms with Crippen LogP contribution in [0.4, 0.5) is 28.6 Å². The topological polar surface area (TPSA) is 19.4 Å². The number of benzene rings is 7. The molecule has 0 saturated carbocycles. The minimum atomic E-state index is 0.0196. The lowest BCUT2D eigenvalue weighted by molar-refractivity contribution is 0.945. The third kappa shape index (κ3) is 4.85. The van der Waals surface area contributed by atoms with Crippen molar-refractivity contribution in [2.24, 2.45) is 0 Å². The standard InChI is InChI=1S/C49H37N3/c1-32-27-45(51(38-17-5-3-6-18-38)40-22-21-34-13-9-10-14-35(34)29-40)43-25-23-42-33(2)28-46(44-26-24-41(32)48(43)49(42)44)52(39-19-7-4-8-20-39)47-30-36-15-11-12-16-37(36)31-50-47/h3-22,24-31,45H,23H2,1-2H3. The van der Waals surface area contributed by atoms with Gasteiger partial charge in [0.1, 0.15) is 5.82 Å². The number of aromatic nitrogens is 1. The molecule has 248 valence electrons. The zero-order valence-electron chi connectivity index (χ0n) is 29.3. The Morgan fingerprint density at radius 2 is 1.27 bits per heavy atom. The summed E-state index contributed by atoms with van der Waals surface area (Å²) >= 11 is 0. The third-order valence-electron chi connectivity index (χ3n) is 11.0. The maximum Gasteiger partial charge on any atom is 0.138 e. The van der Waals surface area contributed by atoms with E-state index in [4.69, 9.17) is 4.98 Å². The monoisotopic (exact) mass is 667 g/mol. The van der Waals surface area contributed by atoms with Gasteiger partial charge in [-0.2, -0.15) is 0 Å². The fourth-order valence-electron chi connectivity index (χ4n) is 8.54. The molecule has 10 rings (SSSR count). The van der Waals surface area contributed by atoms with Crippen molar-refractivity contribution in [1.82, 2.24) is 4.98 Å². The van der Waals surface area contributed by atoms with E-state index in [0.717, 1.165) is 29.0 Å². The summed E-state index contributed by atoms with van der Waals surface area (Å²) in [4.78, 5) is 9.94. The van der Waals surface area contributed by atoms with Gasteiger partial charge >= 0.3 is 0 Å². The summed E-state index contributed by atoms with van der Waals surface area (Å²) < 4.78 is 0. The molecular weight excluding hydrogens is 631 g/mol. The van der Waals surface area contributed by atoms with Crippen LogP contribution in [0.5, 0.6) is 0 Å². The molecule has 2 aliphatic rings. The van der Waals surface area contributed by atoms with Crippen molar-refractivity contribution < 1.29 is 0 Å². The Morgan fingerprint density at radius 1 is 0.596 bits per heavy atom. The van der Waals surface area contributed by atoms with E-state index in [2.05, 4.69) is 187 Å². The molecule has 1 aromatic heterocycles. The van der Waals surface area contributed by atoms with Gasteiger partial charge in [-0.3, -0.25) is 4.90 Å². The number of hydrogen-bond donors (Lipinski definition) is 0. The molecule has 2 aliphatic carbocycles. The molecule has 52 heavy (non-hydrogen) atoms. The Kier molecular flexibility index (Phi) is 7.07. The van der Waals surface area contributed by atoms with Crippen LogP contribution >= 0.6 is 0 Å². The molecule has 0 radical (unpaired) electrons. The molecule has 0 saturated heterocycles. The highest BCUT2D eigenvalue weighted by Crippen LogP contribution is 2.50. The summed E-state index contributed by atoms with van der Waals surface area (Å²) in [5.41, 5.74) is 12.6. The van der Waals surface area contributed by atoms with E-state index in [-0.39, 0.29) is 6.04 Å². The molecule has 0 amide bonds. The zero-order chi connectivity index (χ0) is 34.8. The molecule has 0 spiro atoms. The molecule has 1 atom stereocenters. The van der Waals surface area contributed by atoms with Crippen molar-refractivity contribution in [3.8, 4) is 0 Å². The number of allylic oxidation sites excluding steroid dienone is 2. The van der Waals surface area contributed by atoms with Crippen LogP contribution in [0.15, 0.2) is 170 Å². The van der Waals surface area contributed by atoms with Crippen LogP contribution < -0.4 is 9.80 Å².